The zero-order chi connectivity index (χ0) is 17.6. The molecule has 2 aliphatic rings. The van der Waals surface area contributed by atoms with Gasteiger partial charge in [0.15, 0.2) is 5.82 Å². The Morgan fingerprint density at radius 3 is 2.64 bits per heavy atom. The molecule has 1 N–H and O–H groups in total. The molecule has 25 heavy (non-hydrogen) atoms. The molecule has 1 amide bonds. The van der Waals surface area contributed by atoms with Crippen LogP contribution in [0.5, 0.6) is 0 Å². The Morgan fingerprint density at radius 2 is 2.04 bits per heavy atom. The van der Waals surface area contributed by atoms with E-state index in [0.29, 0.717) is 30.9 Å². The lowest BCUT2D eigenvalue weighted by atomic mass is 9.81. The number of nitrogens with zero attached hydrogens (tertiary/aromatic N) is 4. The Kier molecular flexibility index (Phi) is 3.59. The monoisotopic (exact) mass is 340 g/mol. The molecule has 0 bridgehead atoms. The number of likely N-dealkylation sites (tertiary alicyclic amines) is 1. The van der Waals surface area contributed by atoms with Gasteiger partial charge in [-0.3, -0.25) is 14.3 Å². The van der Waals surface area contributed by atoms with Gasteiger partial charge in [-0.25, -0.2) is 4.98 Å². The Labute approximate surface area is 145 Å². The standard InChI is InChI=1S/C18H20N4O3/c1-21-11-19-15(20-21)12-4-6-13(7-5-12)16(23)22-9-14-3-2-8-18(14,10-22)17(24)25/h4-7,11,14H,2-3,8-10H2,1H3,(H,24,25)/t14-,18+/m0/s1. The molecule has 1 aromatic heterocycles. The van der Waals surface area contributed by atoms with Gasteiger partial charge in [-0.05, 0) is 30.9 Å². The van der Waals surface area contributed by atoms with Crippen LogP contribution in [-0.4, -0.2) is 49.7 Å². The van der Waals surface area contributed by atoms with Gasteiger partial charge in [0.05, 0.1) is 5.41 Å². The zero-order valence-corrected chi connectivity index (χ0v) is 14.1. The molecular weight excluding hydrogens is 320 g/mol. The Morgan fingerprint density at radius 1 is 1.28 bits per heavy atom. The number of aromatic nitrogens is 3. The number of aryl methyl sites for hydroxylation is 1. The lowest BCUT2D eigenvalue weighted by molar-refractivity contribution is -0.149. The minimum absolute atomic E-state index is 0.0749. The summed E-state index contributed by atoms with van der Waals surface area (Å²) in [7, 11) is 1.80. The van der Waals surface area contributed by atoms with Crippen molar-refractivity contribution in [3.63, 3.8) is 0 Å². The van der Waals surface area contributed by atoms with Crippen molar-refractivity contribution < 1.29 is 14.7 Å². The van der Waals surface area contributed by atoms with E-state index in [1.807, 2.05) is 12.1 Å². The maximum absolute atomic E-state index is 12.8. The molecule has 1 aliphatic heterocycles. The van der Waals surface area contributed by atoms with Crippen molar-refractivity contribution in [2.24, 2.45) is 18.4 Å². The third kappa shape index (κ3) is 2.50. The molecule has 7 heteroatoms. The summed E-state index contributed by atoms with van der Waals surface area (Å²) in [6, 6.07) is 7.17. The molecular formula is C18H20N4O3. The summed E-state index contributed by atoms with van der Waals surface area (Å²) in [5.74, 6) is -0.176. The van der Waals surface area contributed by atoms with Gasteiger partial charge in [0.2, 0.25) is 0 Å². The average Bonchev–Trinajstić information content (AvgIpc) is 3.28. The largest absolute Gasteiger partial charge is 0.481 e. The van der Waals surface area contributed by atoms with E-state index in [9.17, 15) is 14.7 Å². The molecule has 1 aliphatic carbocycles. The molecule has 2 atom stereocenters. The summed E-state index contributed by atoms with van der Waals surface area (Å²) in [5.41, 5.74) is 0.672. The number of rotatable bonds is 3. The second-order valence-electron chi connectivity index (χ2n) is 7.06. The van der Waals surface area contributed by atoms with Gasteiger partial charge in [0.25, 0.3) is 5.91 Å². The van der Waals surface area contributed by atoms with E-state index >= 15 is 0 Å². The summed E-state index contributed by atoms with van der Waals surface area (Å²) in [5, 5.41) is 13.9. The molecule has 130 valence electrons. The van der Waals surface area contributed by atoms with Gasteiger partial charge >= 0.3 is 5.97 Å². The van der Waals surface area contributed by atoms with E-state index < -0.39 is 11.4 Å². The van der Waals surface area contributed by atoms with Crippen molar-refractivity contribution in [2.75, 3.05) is 13.1 Å². The van der Waals surface area contributed by atoms with Gasteiger partial charge in [0, 0.05) is 31.3 Å². The number of benzene rings is 1. The van der Waals surface area contributed by atoms with Gasteiger partial charge in [0.1, 0.15) is 6.33 Å². The molecule has 4 rings (SSSR count). The van der Waals surface area contributed by atoms with Crippen LogP contribution in [0.25, 0.3) is 11.4 Å². The van der Waals surface area contributed by atoms with E-state index in [1.165, 1.54) is 0 Å². The Bertz CT molecular complexity index is 829. The van der Waals surface area contributed by atoms with Crippen LogP contribution in [0.4, 0.5) is 0 Å². The predicted octanol–water partition coefficient (Wildman–Crippen LogP) is 1.81. The highest BCUT2D eigenvalue weighted by molar-refractivity contribution is 5.95. The van der Waals surface area contributed by atoms with Crippen LogP contribution >= 0.6 is 0 Å². The first-order chi connectivity index (χ1) is 12.0. The number of hydrogen-bond acceptors (Lipinski definition) is 4. The minimum Gasteiger partial charge on any atom is -0.481 e. The summed E-state index contributed by atoms with van der Waals surface area (Å²) in [6.45, 7) is 0.851. The third-order valence-electron chi connectivity index (χ3n) is 5.57. The molecule has 0 unspecified atom stereocenters. The van der Waals surface area contributed by atoms with Gasteiger partial charge in [-0.1, -0.05) is 18.6 Å². The second kappa shape index (κ2) is 5.68. The minimum atomic E-state index is -0.762. The maximum Gasteiger partial charge on any atom is 0.311 e. The van der Waals surface area contributed by atoms with E-state index in [-0.39, 0.29) is 11.8 Å². The van der Waals surface area contributed by atoms with Crippen LogP contribution in [0.15, 0.2) is 30.6 Å². The molecule has 2 fully saturated rings. The third-order valence-corrected chi connectivity index (χ3v) is 5.57. The second-order valence-corrected chi connectivity index (χ2v) is 7.06. The van der Waals surface area contributed by atoms with Crippen molar-refractivity contribution in [3.05, 3.63) is 36.2 Å². The number of aliphatic carboxylic acids is 1. The van der Waals surface area contributed by atoms with Gasteiger partial charge in [-0.2, -0.15) is 5.10 Å². The number of carbonyl (C=O) groups excluding carboxylic acids is 1. The molecule has 1 saturated carbocycles. The number of fused-ring (bicyclic) bond motifs is 1. The average molecular weight is 340 g/mol. The highest BCUT2D eigenvalue weighted by Crippen LogP contribution is 2.49. The van der Waals surface area contributed by atoms with Gasteiger partial charge in [-0.15, -0.1) is 0 Å². The van der Waals surface area contributed by atoms with E-state index in [1.54, 1.807) is 35.1 Å². The fraction of sp³-hybridized carbons (Fsp3) is 0.444. The summed E-state index contributed by atoms with van der Waals surface area (Å²) in [6.07, 6.45) is 4.12. The molecule has 0 spiro atoms. The first-order valence-electron chi connectivity index (χ1n) is 8.48. The Hall–Kier alpha value is -2.70. The SMILES string of the molecule is Cn1cnc(-c2ccc(C(=O)N3C[C@@H]4CCC[C@@]4(C(=O)O)C3)cc2)n1. The lowest BCUT2D eigenvalue weighted by Gasteiger charge is -2.23. The summed E-state index contributed by atoms with van der Waals surface area (Å²) >= 11 is 0. The molecule has 7 nitrogen and oxygen atoms in total. The normalized spacial score (nSPS) is 25.2. The summed E-state index contributed by atoms with van der Waals surface area (Å²) < 4.78 is 1.63. The molecule has 1 saturated heterocycles. The number of carboxylic acid groups (broad SMARTS) is 1. The number of carbonyl (C=O) groups is 2. The first-order valence-corrected chi connectivity index (χ1v) is 8.48. The quantitative estimate of drug-likeness (QED) is 0.920. The lowest BCUT2D eigenvalue weighted by Crippen LogP contribution is -2.37. The molecule has 2 heterocycles. The van der Waals surface area contributed by atoms with Crippen LogP contribution in [0.2, 0.25) is 0 Å². The number of amides is 1. The molecule has 0 radical (unpaired) electrons. The van der Waals surface area contributed by atoms with Crippen LogP contribution in [0.1, 0.15) is 29.6 Å². The van der Waals surface area contributed by atoms with Crippen molar-refractivity contribution in [1.29, 1.82) is 0 Å². The topological polar surface area (TPSA) is 88.3 Å². The zero-order valence-electron chi connectivity index (χ0n) is 14.1. The van der Waals surface area contributed by atoms with Crippen LogP contribution < -0.4 is 0 Å². The fourth-order valence-electron chi connectivity index (χ4n) is 4.21. The van der Waals surface area contributed by atoms with Crippen molar-refractivity contribution >= 4 is 11.9 Å². The maximum atomic E-state index is 12.8. The van der Waals surface area contributed by atoms with E-state index in [0.717, 1.165) is 18.4 Å². The summed E-state index contributed by atoms with van der Waals surface area (Å²) in [4.78, 5) is 30.4. The van der Waals surface area contributed by atoms with E-state index in [4.69, 9.17) is 0 Å². The fourth-order valence-corrected chi connectivity index (χ4v) is 4.21. The van der Waals surface area contributed by atoms with Crippen LogP contribution in [0.3, 0.4) is 0 Å². The number of hydrogen-bond donors (Lipinski definition) is 1. The van der Waals surface area contributed by atoms with Crippen molar-refractivity contribution in [2.45, 2.75) is 19.3 Å². The van der Waals surface area contributed by atoms with Crippen LogP contribution in [-0.2, 0) is 11.8 Å². The first kappa shape index (κ1) is 15.8. The van der Waals surface area contributed by atoms with Gasteiger partial charge < -0.3 is 10.0 Å². The smallest absolute Gasteiger partial charge is 0.311 e. The van der Waals surface area contributed by atoms with Crippen molar-refractivity contribution in [1.82, 2.24) is 19.7 Å². The molecule has 1 aromatic carbocycles. The Balaban J connectivity index is 1.53. The molecule has 2 aromatic rings. The predicted molar refractivity (Wildman–Crippen MR) is 89.8 cm³/mol. The number of carboxylic acids is 1. The highest BCUT2D eigenvalue weighted by atomic mass is 16.4. The van der Waals surface area contributed by atoms with Crippen molar-refractivity contribution in [3.8, 4) is 11.4 Å². The van der Waals surface area contributed by atoms with E-state index in [2.05, 4.69) is 10.1 Å². The van der Waals surface area contributed by atoms with Crippen LogP contribution in [0, 0.1) is 11.3 Å². The highest BCUT2D eigenvalue weighted by Gasteiger charge is 2.55.